The predicted octanol–water partition coefficient (Wildman–Crippen LogP) is 3.78. The summed E-state index contributed by atoms with van der Waals surface area (Å²) in [5, 5.41) is 6.25. The van der Waals surface area contributed by atoms with E-state index in [0.717, 1.165) is 11.4 Å². The third-order valence-electron chi connectivity index (χ3n) is 4.86. The Morgan fingerprint density at radius 1 is 1.12 bits per heavy atom. The zero-order chi connectivity index (χ0) is 22.7. The third-order valence-corrected chi connectivity index (χ3v) is 4.86. The summed E-state index contributed by atoms with van der Waals surface area (Å²) >= 11 is 0. The number of rotatable bonds is 6. The highest BCUT2D eigenvalue weighted by atomic mass is 16.5. The zero-order valence-electron chi connectivity index (χ0n) is 17.8. The molecule has 0 unspecified atom stereocenters. The smallest absolute Gasteiger partial charge is 0.250 e. The van der Waals surface area contributed by atoms with E-state index in [0.29, 0.717) is 47.6 Å². The van der Waals surface area contributed by atoms with Crippen LogP contribution in [0.2, 0.25) is 0 Å². The first-order chi connectivity index (χ1) is 15.4. The van der Waals surface area contributed by atoms with Crippen molar-refractivity contribution in [2.24, 2.45) is 0 Å². The van der Waals surface area contributed by atoms with Crippen molar-refractivity contribution < 1.29 is 14.3 Å². The molecule has 9 nitrogen and oxygen atoms in total. The number of hydrogen-bond acceptors (Lipinski definition) is 8. The first-order valence-electron chi connectivity index (χ1n) is 10.00. The summed E-state index contributed by atoms with van der Waals surface area (Å²) in [6.07, 6.45) is 4.42. The van der Waals surface area contributed by atoms with Gasteiger partial charge < -0.3 is 20.3 Å². The monoisotopic (exact) mass is 430 g/mol. The minimum absolute atomic E-state index is 0.180. The Morgan fingerprint density at radius 2 is 1.94 bits per heavy atom. The highest BCUT2D eigenvalue weighted by molar-refractivity contribution is 6.03. The van der Waals surface area contributed by atoms with Crippen LogP contribution in [0.25, 0.3) is 0 Å². The van der Waals surface area contributed by atoms with Gasteiger partial charge in [-0.15, -0.1) is 0 Å². The lowest BCUT2D eigenvalue weighted by Crippen LogP contribution is -2.36. The van der Waals surface area contributed by atoms with E-state index in [2.05, 4.69) is 32.2 Å². The van der Waals surface area contributed by atoms with Gasteiger partial charge in [-0.2, -0.15) is 4.98 Å². The summed E-state index contributed by atoms with van der Waals surface area (Å²) in [6.45, 7) is 7.74. The van der Waals surface area contributed by atoms with Crippen molar-refractivity contribution in [3.8, 4) is 5.75 Å². The minimum Gasteiger partial charge on any atom is -0.490 e. The molecule has 1 amide bonds. The van der Waals surface area contributed by atoms with Crippen LogP contribution in [0.5, 0.6) is 5.75 Å². The number of aryl methyl sites for hydroxylation is 1. The molecule has 3 heterocycles. The first kappa shape index (κ1) is 21.0. The summed E-state index contributed by atoms with van der Waals surface area (Å²) < 4.78 is 5.66. The van der Waals surface area contributed by atoms with Crippen LogP contribution in [0.3, 0.4) is 0 Å². The molecular formula is C23H22N6O3. The van der Waals surface area contributed by atoms with Crippen molar-refractivity contribution in [2.75, 3.05) is 28.7 Å². The van der Waals surface area contributed by atoms with Crippen molar-refractivity contribution in [1.82, 2.24) is 15.0 Å². The number of carbonyl (C=O) groups excluding carboxylic acids is 2. The van der Waals surface area contributed by atoms with Crippen LogP contribution >= 0.6 is 0 Å². The summed E-state index contributed by atoms with van der Waals surface area (Å²) in [5.74, 6) is 0.860. The third kappa shape index (κ3) is 4.41. The molecule has 4 rings (SSSR count). The molecule has 0 aliphatic carbocycles. The fourth-order valence-corrected chi connectivity index (χ4v) is 3.24. The zero-order valence-corrected chi connectivity index (χ0v) is 17.8. The van der Waals surface area contributed by atoms with Crippen LogP contribution < -0.4 is 20.3 Å². The largest absolute Gasteiger partial charge is 0.490 e. The Kier molecular flexibility index (Phi) is 5.80. The van der Waals surface area contributed by atoms with E-state index in [1.54, 1.807) is 29.3 Å². The number of pyridine rings is 1. The molecular weight excluding hydrogens is 408 g/mol. The van der Waals surface area contributed by atoms with E-state index in [1.807, 2.05) is 19.1 Å². The molecule has 0 saturated heterocycles. The maximum atomic E-state index is 12.2. The van der Waals surface area contributed by atoms with Gasteiger partial charge in [0.05, 0.1) is 29.7 Å². The summed E-state index contributed by atoms with van der Waals surface area (Å²) in [5.41, 5.74) is 3.22. The molecule has 0 fully saturated rings. The van der Waals surface area contributed by atoms with Gasteiger partial charge in [0.15, 0.2) is 5.78 Å². The van der Waals surface area contributed by atoms with Crippen molar-refractivity contribution in [1.29, 1.82) is 0 Å². The molecule has 0 bridgehead atoms. The van der Waals surface area contributed by atoms with Gasteiger partial charge in [-0.25, -0.2) is 4.98 Å². The number of hydrogen-bond donors (Lipinski definition) is 2. The molecule has 162 valence electrons. The van der Waals surface area contributed by atoms with Crippen LogP contribution in [0.1, 0.15) is 23.0 Å². The molecule has 0 radical (unpaired) electrons. The number of ether oxygens (including phenoxy) is 1. The quantitative estimate of drug-likeness (QED) is 0.449. The molecule has 1 aromatic carbocycles. The lowest BCUT2D eigenvalue weighted by molar-refractivity contribution is -0.114. The molecule has 0 atom stereocenters. The number of fused-ring (bicyclic) bond motifs is 1. The van der Waals surface area contributed by atoms with Gasteiger partial charge in [0.25, 0.3) is 5.91 Å². The van der Waals surface area contributed by atoms with E-state index >= 15 is 0 Å². The average Bonchev–Trinajstić information content (AvgIpc) is 2.79. The Labute approximate surface area is 185 Å². The maximum absolute atomic E-state index is 12.2. The average molecular weight is 430 g/mol. The normalized spacial score (nSPS) is 12.4. The van der Waals surface area contributed by atoms with Gasteiger partial charge in [-0.1, -0.05) is 6.58 Å². The molecule has 32 heavy (non-hydrogen) atoms. The van der Waals surface area contributed by atoms with E-state index < -0.39 is 0 Å². The number of aromatic nitrogens is 3. The lowest BCUT2D eigenvalue weighted by atomic mass is 10.2. The van der Waals surface area contributed by atoms with E-state index in [-0.39, 0.29) is 11.7 Å². The van der Waals surface area contributed by atoms with Gasteiger partial charge in [0, 0.05) is 17.6 Å². The van der Waals surface area contributed by atoms with Crippen LogP contribution in [-0.2, 0) is 4.79 Å². The van der Waals surface area contributed by atoms with E-state index in [4.69, 9.17) is 4.74 Å². The summed E-state index contributed by atoms with van der Waals surface area (Å²) in [4.78, 5) is 38.9. The van der Waals surface area contributed by atoms with Crippen LogP contribution in [0.4, 0.5) is 28.8 Å². The van der Waals surface area contributed by atoms with Crippen molar-refractivity contribution >= 4 is 40.5 Å². The number of amides is 1. The highest BCUT2D eigenvalue weighted by Gasteiger charge is 2.23. The number of carbonyl (C=O) groups is 2. The summed E-state index contributed by atoms with van der Waals surface area (Å²) in [7, 11) is 0. The van der Waals surface area contributed by atoms with Crippen LogP contribution in [0, 0.1) is 6.92 Å². The molecule has 1 aliphatic heterocycles. The SMILES string of the molecule is C=CC(=O)N1CCOc2ccc(Nc3nc(Nc4ccc(C)nc4)ncc3C(C)=O)cc21. The molecule has 2 aromatic heterocycles. The number of anilines is 5. The van der Waals surface area contributed by atoms with Gasteiger partial charge in [0.1, 0.15) is 18.2 Å². The van der Waals surface area contributed by atoms with Gasteiger partial charge in [-0.05, 0) is 50.3 Å². The number of nitrogens with zero attached hydrogens (tertiary/aromatic N) is 4. The molecule has 2 N–H and O–H groups in total. The Bertz CT molecular complexity index is 1190. The Morgan fingerprint density at radius 3 is 2.66 bits per heavy atom. The fraction of sp³-hybridized carbons (Fsp3) is 0.174. The lowest BCUT2D eigenvalue weighted by Gasteiger charge is -2.29. The highest BCUT2D eigenvalue weighted by Crippen LogP contribution is 2.35. The Hall–Kier alpha value is -4.27. The van der Waals surface area contributed by atoms with Gasteiger partial charge >= 0.3 is 0 Å². The number of ketones is 1. The van der Waals surface area contributed by atoms with Crippen molar-refractivity contribution in [2.45, 2.75) is 13.8 Å². The topological polar surface area (TPSA) is 109 Å². The predicted molar refractivity (Wildman–Crippen MR) is 122 cm³/mol. The number of Topliss-reactive ketones (excluding diaryl/α,β-unsaturated/α-hetero) is 1. The van der Waals surface area contributed by atoms with E-state index in [9.17, 15) is 9.59 Å². The molecule has 0 spiro atoms. The molecule has 1 aliphatic rings. The number of benzene rings is 1. The standard InChI is InChI=1S/C23H22N6O3/c1-4-21(31)29-9-10-32-20-8-7-16(11-19(20)29)26-22-18(15(3)30)13-25-23(28-22)27-17-6-5-14(2)24-12-17/h4-8,11-13H,1,9-10H2,2-3H3,(H2,25,26,27,28). The fourth-order valence-electron chi connectivity index (χ4n) is 3.24. The van der Waals surface area contributed by atoms with Gasteiger partial charge in [0.2, 0.25) is 5.95 Å². The molecule has 3 aromatic rings. The second kappa shape index (κ2) is 8.84. The first-order valence-corrected chi connectivity index (χ1v) is 10.00. The molecule has 9 heteroatoms. The van der Waals surface area contributed by atoms with Crippen molar-refractivity contribution in [3.63, 3.8) is 0 Å². The van der Waals surface area contributed by atoms with Crippen molar-refractivity contribution in [3.05, 3.63) is 66.6 Å². The minimum atomic E-state index is -0.212. The van der Waals surface area contributed by atoms with E-state index in [1.165, 1.54) is 19.2 Å². The van der Waals surface area contributed by atoms with Gasteiger partial charge in [-0.3, -0.25) is 14.6 Å². The maximum Gasteiger partial charge on any atom is 0.250 e. The van der Waals surface area contributed by atoms with Crippen LogP contribution in [-0.4, -0.2) is 39.8 Å². The number of nitrogens with one attached hydrogen (secondary N) is 2. The Balaban J connectivity index is 1.65. The van der Waals surface area contributed by atoms with Crippen LogP contribution in [0.15, 0.2) is 55.4 Å². The molecule has 0 saturated carbocycles. The second-order valence-corrected chi connectivity index (χ2v) is 7.18. The summed E-state index contributed by atoms with van der Waals surface area (Å²) in [6, 6.07) is 9.08. The second-order valence-electron chi connectivity index (χ2n) is 7.18.